The van der Waals surface area contributed by atoms with Crippen molar-refractivity contribution in [3.05, 3.63) is 0 Å². The minimum Gasteiger partial charge on any atom is -0.381 e. The lowest BCUT2D eigenvalue weighted by molar-refractivity contribution is 0.0528. The number of rotatable bonds is 8. The normalized spacial score (nSPS) is 23.8. The zero-order valence-electron chi connectivity index (χ0n) is 10.7. The van der Waals surface area contributed by atoms with Crippen LogP contribution in [-0.2, 0) is 9.47 Å². The molecule has 0 aromatic heterocycles. The summed E-state index contributed by atoms with van der Waals surface area (Å²) >= 11 is 0. The Kier molecular flexibility index (Phi) is 5.22. The van der Waals surface area contributed by atoms with Gasteiger partial charge in [-0.1, -0.05) is 0 Å². The molecule has 2 fully saturated rings. The number of hydrogen-bond acceptors (Lipinski definition) is 4. The molecule has 0 amide bonds. The van der Waals surface area contributed by atoms with E-state index in [0.29, 0.717) is 0 Å². The Labute approximate surface area is 104 Å². The molecular formula is C13H26N2O2. The van der Waals surface area contributed by atoms with Gasteiger partial charge in [-0.3, -0.25) is 0 Å². The molecule has 100 valence electrons. The lowest BCUT2D eigenvalue weighted by Gasteiger charge is -2.33. The Morgan fingerprint density at radius 3 is 2.76 bits per heavy atom. The third-order valence-electron chi connectivity index (χ3n) is 3.66. The molecule has 0 atom stereocenters. The van der Waals surface area contributed by atoms with Crippen LogP contribution in [0.25, 0.3) is 0 Å². The van der Waals surface area contributed by atoms with Crippen molar-refractivity contribution in [3.63, 3.8) is 0 Å². The average Bonchev–Trinajstić information content (AvgIpc) is 3.13. The van der Waals surface area contributed by atoms with Crippen LogP contribution in [0.5, 0.6) is 0 Å². The van der Waals surface area contributed by atoms with Gasteiger partial charge in [0.05, 0.1) is 0 Å². The van der Waals surface area contributed by atoms with Crippen LogP contribution in [0, 0.1) is 5.92 Å². The van der Waals surface area contributed by atoms with Gasteiger partial charge >= 0.3 is 0 Å². The lowest BCUT2D eigenvalue weighted by atomic mass is 9.91. The zero-order chi connectivity index (χ0) is 12.0. The first-order valence-electron chi connectivity index (χ1n) is 6.94. The van der Waals surface area contributed by atoms with Crippen molar-refractivity contribution < 1.29 is 9.47 Å². The molecule has 1 heterocycles. The predicted octanol–water partition coefficient (Wildman–Crippen LogP) is 0.901. The summed E-state index contributed by atoms with van der Waals surface area (Å²) in [4.78, 5) is 0. The Bertz CT molecular complexity index is 213. The van der Waals surface area contributed by atoms with E-state index in [1.165, 1.54) is 12.8 Å². The molecule has 0 unspecified atom stereocenters. The van der Waals surface area contributed by atoms with E-state index in [2.05, 4.69) is 5.32 Å². The van der Waals surface area contributed by atoms with Gasteiger partial charge in [0.1, 0.15) is 0 Å². The van der Waals surface area contributed by atoms with Crippen LogP contribution in [0.3, 0.4) is 0 Å². The van der Waals surface area contributed by atoms with E-state index >= 15 is 0 Å². The van der Waals surface area contributed by atoms with E-state index in [0.717, 1.165) is 64.7 Å². The maximum Gasteiger partial charge on any atom is 0.0494 e. The second-order valence-electron chi connectivity index (χ2n) is 5.52. The first-order valence-corrected chi connectivity index (χ1v) is 6.94. The van der Waals surface area contributed by atoms with Crippen molar-refractivity contribution in [2.75, 3.05) is 39.5 Å². The van der Waals surface area contributed by atoms with Crippen molar-refractivity contribution in [2.45, 2.75) is 37.6 Å². The Morgan fingerprint density at radius 2 is 2.06 bits per heavy atom. The highest BCUT2D eigenvalue weighted by Crippen LogP contribution is 2.28. The molecule has 0 bridgehead atoms. The topological polar surface area (TPSA) is 56.5 Å². The van der Waals surface area contributed by atoms with Gasteiger partial charge in [0.15, 0.2) is 0 Å². The Hall–Kier alpha value is -0.160. The average molecular weight is 242 g/mol. The fraction of sp³-hybridized carbons (Fsp3) is 1.00. The smallest absolute Gasteiger partial charge is 0.0494 e. The van der Waals surface area contributed by atoms with Gasteiger partial charge in [-0.15, -0.1) is 0 Å². The second kappa shape index (κ2) is 6.69. The molecule has 2 aliphatic rings. The first-order chi connectivity index (χ1) is 8.29. The van der Waals surface area contributed by atoms with E-state index in [1.807, 2.05) is 0 Å². The van der Waals surface area contributed by atoms with Gasteiger partial charge in [-0.25, -0.2) is 0 Å². The highest BCUT2D eigenvalue weighted by Gasteiger charge is 2.27. The van der Waals surface area contributed by atoms with E-state index < -0.39 is 0 Å². The van der Waals surface area contributed by atoms with Crippen LogP contribution in [0.1, 0.15) is 32.1 Å². The maximum absolute atomic E-state index is 6.27. The molecule has 1 saturated heterocycles. The summed E-state index contributed by atoms with van der Waals surface area (Å²) in [7, 11) is 0. The molecule has 1 aliphatic heterocycles. The second-order valence-corrected chi connectivity index (χ2v) is 5.52. The van der Waals surface area contributed by atoms with Crippen LogP contribution in [-0.4, -0.2) is 45.1 Å². The summed E-state index contributed by atoms with van der Waals surface area (Å²) in [5.74, 6) is 0.873. The molecule has 0 aromatic carbocycles. The van der Waals surface area contributed by atoms with Gasteiger partial charge in [-0.2, -0.15) is 0 Å². The zero-order valence-corrected chi connectivity index (χ0v) is 10.7. The number of ether oxygens (including phenoxy) is 2. The van der Waals surface area contributed by atoms with Gasteiger partial charge in [0, 0.05) is 38.5 Å². The molecule has 0 spiro atoms. The van der Waals surface area contributed by atoms with Crippen molar-refractivity contribution in [1.29, 1.82) is 0 Å². The molecule has 4 heteroatoms. The quantitative estimate of drug-likeness (QED) is 0.621. The third kappa shape index (κ3) is 5.34. The van der Waals surface area contributed by atoms with Crippen LogP contribution < -0.4 is 11.1 Å². The minimum atomic E-state index is -0.0485. The summed E-state index contributed by atoms with van der Waals surface area (Å²) in [6.07, 6.45) is 5.77. The number of nitrogens with one attached hydrogen (secondary N) is 1. The largest absolute Gasteiger partial charge is 0.381 e. The Morgan fingerprint density at radius 1 is 1.29 bits per heavy atom. The summed E-state index contributed by atoms with van der Waals surface area (Å²) in [6, 6.07) is 0. The highest BCUT2D eigenvalue weighted by molar-refractivity contribution is 4.88. The molecule has 17 heavy (non-hydrogen) atoms. The van der Waals surface area contributed by atoms with E-state index in [4.69, 9.17) is 15.2 Å². The molecule has 0 radical (unpaired) electrons. The van der Waals surface area contributed by atoms with Crippen LogP contribution >= 0.6 is 0 Å². The molecule has 1 saturated carbocycles. The molecule has 3 N–H and O–H groups in total. The summed E-state index contributed by atoms with van der Waals surface area (Å²) in [5.41, 5.74) is 6.23. The van der Waals surface area contributed by atoms with Crippen molar-refractivity contribution in [1.82, 2.24) is 5.32 Å². The molecule has 2 rings (SSSR count). The van der Waals surface area contributed by atoms with Gasteiger partial charge in [0.25, 0.3) is 0 Å². The van der Waals surface area contributed by atoms with Crippen molar-refractivity contribution >= 4 is 0 Å². The fourth-order valence-electron chi connectivity index (χ4n) is 2.13. The lowest BCUT2D eigenvalue weighted by Crippen LogP contribution is -2.52. The third-order valence-corrected chi connectivity index (χ3v) is 3.66. The van der Waals surface area contributed by atoms with Gasteiger partial charge < -0.3 is 20.5 Å². The van der Waals surface area contributed by atoms with Crippen LogP contribution in [0.4, 0.5) is 0 Å². The molecule has 0 aromatic rings. The summed E-state index contributed by atoms with van der Waals surface area (Å²) in [5, 5.41) is 3.44. The molecule has 1 aliphatic carbocycles. The predicted molar refractivity (Wildman–Crippen MR) is 68.0 cm³/mol. The first kappa shape index (κ1) is 13.3. The van der Waals surface area contributed by atoms with Crippen LogP contribution in [0.15, 0.2) is 0 Å². The fourth-order valence-corrected chi connectivity index (χ4v) is 2.13. The van der Waals surface area contributed by atoms with Gasteiger partial charge in [0.2, 0.25) is 0 Å². The maximum atomic E-state index is 6.27. The summed E-state index contributed by atoms with van der Waals surface area (Å²) in [6.45, 7) is 5.37. The number of nitrogens with two attached hydrogens (primary N) is 1. The highest BCUT2D eigenvalue weighted by atomic mass is 16.5. The van der Waals surface area contributed by atoms with E-state index in [-0.39, 0.29) is 5.54 Å². The van der Waals surface area contributed by atoms with E-state index in [9.17, 15) is 0 Å². The van der Waals surface area contributed by atoms with Crippen molar-refractivity contribution in [3.8, 4) is 0 Å². The minimum absolute atomic E-state index is 0.0485. The monoisotopic (exact) mass is 242 g/mol. The number of hydrogen-bond donors (Lipinski definition) is 2. The van der Waals surface area contributed by atoms with Crippen molar-refractivity contribution in [2.24, 2.45) is 11.7 Å². The standard InChI is InChI=1S/C13H26N2O2/c14-13(4-8-16-9-5-13)11-15-6-1-7-17-10-12-2-3-12/h12,15H,1-11,14H2. The molecular weight excluding hydrogens is 216 g/mol. The van der Waals surface area contributed by atoms with Crippen LogP contribution in [0.2, 0.25) is 0 Å². The van der Waals surface area contributed by atoms with Gasteiger partial charge in [-0.05, 0) is 44.6 Å². The molecule has 4 nitrogen and oxygen atoms in total. The Balaban J connectivity index is 1.41. The SMILES string of the molecule is NC1(CNCCCOCC2CC2)CCOCC1. The van der Waals surface area contributed by atoms with E-state index in [1.54, 1.807) is 0 Å². The summed E-state index contributed by atoms with van der Waals surface area (Å²) < 4.78 is 10.9.